The fourth-order valence-electron chi connectivity index (χ4n) is 5.62. The summed E-state index contributed by atoms with van der Waals surface area (Å²) in [5.74, 6) is -2.04. The number of rotatable bonds is 28. The fraction of sp³-hybridized carbons (Fsp3) is 0.575. The average molecular weight is 766 g/mol. The lowest BCUT2D eigenvalue weighted by molar-refractivity contribution is -0.146. The number of carbonyl (C=O) groups is 5. The standard InChI is InChI=1S/C40H59N7O8/c1-30(2)26-34(39(51)53-3)46-37(49)33(22-15-17-24-42-40(52)55-28-32-20-12-9-13-21-32)45-38(50)35(29-54-27-31-18-10-8-11-19-31)44-36(48)23-14-6-4-5-7-16-25-43-47-41/h8-13,18-21,30,33-35H,4-7,14-17,22-29H2,1-3H3,(H,42,52)(H,44,48)(H,45,50)(H,46,49)/t33-,34-,35-/m0/s1. The first-order chi connectivity index (χ1) is 26.6. The van der Waals surface area contributed by atoms with Gasteiger partial charge in [0.05, 0.1) is 20.3 Å². The van der Waals surface area contributed by atoms with Crippen LogP contribution in [0.4, 0.5) is 4.79 Å². The van der Waals surface area contributed by atoms with Crippen LogP contribution in [-0.2, 0) is 46.6 Å². The molecule has 0 aliphatic carbocycles. The predicted octanol–water partition coefficient (Wildman–Crippen LogP) is 6.01. The highest BCUT2D eigenvalue weighted by molar-refractivity contribution is 5.93. The first-order valence-electron chi connectivity index (χ1n) is 19.2. The first-order valence-corrected chi connectivity index (χ1v) is 19.2. The van der Waals surface area contributed by atoms with Gasteiger partial charge in [-0.2, -0.15) is 0 Å². The van der Waals surface area contributed by atoms with E-state index in [-0.39, 0.29) is 51.0 Å². The minimum Gasteiger partial charge on any atom is -0.467 e. The van der Waals surface area contributed by atoms with E-state index >= 15 is 0 Å². The van der Waals surface area contributed by atoms with Crippen LogP contribution >= 0.6 is 0 Å². The van der Waals surface area contributed by atoms with Gasteiger partial charge >= 0.3 is 12.1 Å². The molecule has 4 amide bonds. The van der Waals surface area contributed by atoms with E-state index < -0.39 is 42.0 Å². The van der Waals surface area contributed by atoms with Crippen molar-refractivity contribution in [2.24, 2.45) is 11.0 Å². The fourth-order valence-corrected chi connectivity index (χ4v) is 5.62. The number of esters is 1. The highest BCUT2D eigenvalue weighted by atomic mass is 16.5. The van der Waals surface area contributed by atoms with E-state index in [0.29, 0.717) is 32.2 Å². The third kappa shape index (κ3) is 21.4. The summed E-state index contributed by atoms with van der Waals surface area (Å²) in [5.41, 5.74) is 10.1. The van der Waals surface area contributed by atoms with Gasteiger partial charge in [-0.1, -0.05) is 105 Å². The number of methoxy groups -OCH3 is 1. The molecule has 15 heteroatoms. The van der Waals surface area contributed by atoms with Crippen molar-refractivity contribution in [2.45, 2.75) is 116 Å². The molecule has 2 aromatic carbocycles. The van der Waals surface area contributed by atoms with Crippen molar-refractivity contribution in [3.8, 4) is 0 Å². The van der Waals surface area contributed by atoms with E-state index in [1.165, 1.54) is 7.11 Å². The molecule has 2 rings (SSSR count). The molecule has 0 fully saturated rings. The van der Waals surface area contributed by atoms with Gasteiger partial charge in [0.2, 0.25) is 17.7 Å². The number of alkyl carbamates (subject to hydrolysis) is 1. The zero-order chi connectivity index (χ0) is 40.1. The average Bonchev–Trinajstić information content (AvgIpc) is 3.18. The van der Waals surface area contributed by atoms with Gasteiger partial charge in [0.15, 0.2) is 0 Å². The summed E-state index contributed by atoms with van der Waals surface area (Å²) in [4.78, 5) is 68.0. The molecule has 55 heavy (non-hydrogen) atoms. The van der Waals surface area contributed by atoms with Gasteiger partial charge in [0.25, 0.3) is 0 Å². The number of carbonyl (C=O) groups excluding carboxylic acids is 5. The topological polar surface area (TPSA) is 210 Å². The Hall–Kier alpha value is -5.14. The monoisotopic (exact) mass is 765 g/mol. The maximum absolute atomic E-state index is 13.8. The number of ether oxygens (including phenoxy) is 3. The number of nitrogens with zero attached hydrogens (tertiary/aromatic N) is 3. The molecule has 0 bridgehead atoms. The number of amides is 4. The van der Waals surface area contributed by atoms with Crippen molar-refractivity contribution in [3.63, 3.8) is 0 Å². The number of azide groups is 1. The lowest BCUT2D eigenvalue weighted by atomic mass is 10.0. The van der Waals surface area contributed by atoms with Crippen LogP contribution in [0.2, 0.25) is 0 Å². The minimum absolute atomic E-state index is 0.0654. The van der Waals surface area contributed by atoms with Crippen molar-refractivity contribution in [1.82, 2.24) is 21.3 Å². The van der Waals surface area contributed by atoms with Gasteiger partial charge < -0.3 is 35.5 Å². The third-order valence-corrected chi connectivity index (χ3v) is 8.57. The predicted molar refractivity (Wildman–Crippen MR) is 208 cm³/mol. The molecule has 0 aliphatic rings. The molecule has 3 atom stereocenters. The van der Waals surface area contributed by atoms with Crippen LogP contribution in [-0.4, -0.2) is 74.7 Å². The Morgan fingerprint density at radius 1 is 0.727 bits per heavy atom. The summed E-state index contributed by atoms with van der Waals surface area (Å²) in [7, 11) is 1.25. The van der Waals surface area contributed by atoms with Crippen molar-refractivity contribution in [2.75, 3.05) is 26.8 Å². The van der Waals surface area contributed by atoms with Crippen molar-refractivity contribution < 1.29 is 38.2 Å². The summed E-state index contributed by atoms with van der Waals surface area (Å²) < 4.78 is 16.0. The number of hydrogen-bond acceptors (Lipinski definition) is 9. The maximum atomic E-state index is 13.8. The molecule has 0 aromatic heterocycles. The second kappa shape index (κ2) is 28.3. The molecule has 0 unspecified atom stereocenters. The van der Waals surface area contributed by atoms with Crippen LogP contribution in [0.15, 0.2) is 65.8 Å². The summed E-state index contributed by atoms with van der Waals surface area (Å²) >= 11 is 0. The van der Waals surface area contributed by atoms with Crippen LogP contribution in [0.3, 0.4) is 0 Å². The third-order valence-electron chi connectivity index (χ3n) is 8.57. The van der Waals surface area contributed by atoms with Crippen LogP contribution in [0.25, 0.3) is 10.4 Å². The van der Waals surface area contributed by atoms with E-state index in [9.17, 15) is 24.0 Å². The van der Waals surface area contributed by atoms with E-state index in [0.717, 1.165) is 43.2 Å². The summed E-state index contributed by atoms with van der Waals surface area (Å²) in [5, 5.41) is 14.6. The van der Waals surface area contributed by atoms with Crippen LogP contribution in [0, 0.1) is 5.92 Å². The van der Waals surface area contributed by atoms with E-state index in [1.54, 1.807) is 0 Å². The van der Waals surface area contributed by atoms with Gasteiger partial charge in [-0.15, -0.1) is 0 Å². The molecule has 0 heterocycles. The molecule has 0 saturated carbocycles. The van der Waals surface area contributed by atoms with Gasteiger partial charge in [0, 0.05) is 24.4 Å². The Bertz CT molecular complexity index is 1470. The molecular formula is C40H59N7O8. The molecule has 302 valence electrons. The lowest BCUT2D eigenvalue weighted by Crippen LogP contribution is -2.57. The number of unbranched alkanes of at least 4 members (excludes halogenated alkanes) is 6. The van der Waals surface area contributed by atoms with Crippen molar-refractivity contribution in [3.05, 3.63) is 82.2 Å². The van der Waals surface area contributed by atoms with Gasteiger partial charge in [-0.3, -0.25) is 14.4 Å². The van der Waals surface area contributed by atoms with Crippen LogP contribution < -0.4 is 21.3 Å². The number of hydrogen-bond donors (Lipinski definition) is 4. The normalized spacial score (nSPS) is 12.4. The largest absolute Gasteiger partial charge is 0.467 e. The summed E-state index contributed by atoms with van der Waals surface area (Å²) in [6.45, 7) is 4.78. The van der Waals surface area contributed by atoms with E-state index in [1.807, 2.05) is 74.5 Å². The lowest BCUT2D eigenvalue weighted by Gasteiger charge is -2.25. The molecule has 4 N–H and O–H groups in total. The van der Waals surface area contributed by atoms with E-state index in [2.05, 4.69) is 31.3 Å². The summed E-state index contributed by atoms with van der Waals surface area (Å²) in [6.07, 6.45) is 6.17. The van der Waals surface area contributed by atoms with Crippen LogP contribution in [0.5, 0.6) is 0 Å². The Morgan fingerprint density at radius 2 is 1.33 bits per heavy atom. The smallest absolute Gasteiger partial charge is 0.407 e. The highest BCUT2D eigenvalue weighted by Crippen LogP contribution is 2.11. The van der Waals surface area contributed by atoms with Crippen molar-refractivity contribution >= 4 is 29.8 Å². The number of nitrogens with one attached hydrogen (secondary N) is 4. The van der Waals surface area contributed by atoms with E-state index in [4.69, 9.17) is 19.7 Å². The molecule has 0 radical (unpaired) electrons. The Morgan fingerprint density at radius 3 is 1.96 bits per heavy atom. The molecule has 2 aromatic rings. The number of benzene rings is 2. The highest BCUT2D eigenvalue weighted by Gasteiger charge is 2.30. The SMILES string of the molecule is COC(=O)[C@H](CC(C)C)NC(=O)[C@H](CCCCNC(=O)OCc1ccccc1)NC(=O)[C@H](COCc1ccccc1)NC(=O)CCCCCCCCN=[N+]=[N-]. The molecule has 0 aliphatic heterocycles. The summed E-state index contributed by atoms with van der Waals surface area (Å²) in [6, 6.07) is 15.6. The minimum atomic E-state index is -1.10. The molecular weight excluding hydrogens is 706 g/mol. The van der Waals surface area contributed by atoms with Gasteiger partial charge in [-0.25, -0.2) is 9.59 Å². The zero-order valence-corrected chi connectivity index (χ0v) is 32.5. The Balaban J connectivity index is 2.06. The second-order valence-corrected chi connectivity index (χ2v) is 13.7. The Kier molecular flexibility index (Phi) is 23.7. The molecule has 0 saturated heterocycles. The maximum Gasteiger partial charge on any atom is 0.407 e. The zero-order valence-electron chi connectivity index (χ0n) is 32.5. The molecule has 0 spiro atoms. The second-order valence-electron chi connectivity index (χ2n) is 13.7. The quantitative estimate of drug-likeness (QED) is 0.0264. The van der Waals surface area contributed by atoms with Crippen LogP contribution in [0.1, 0.15) is 95.6 Å². The van der Waals surface area contributed by atoms with Crippen molar-refractivity contribution in [1.29, 1.82) is 0 Å². The molecule has 15 nitrogen and oxygen atoms in total. The van der Waals surface area contributed by atoms with Gasteiger partial charge in [0.1, 0.15) is 24.7 Å². The van der Waals surface area contributed by atoms with Gasteiger partial charge in [-0.05, 0) is 61.1 Å². The first kappa shape index (κ1) is 46.0. The Labute approximate surface area is 324 Å².